The number of benzene rings is 2. The summed E-state index contributed by atoms with van der Waals surface area (Å²) in [6.45, 7) is 7.67. The molecule has 31 heavy (non-hydrogen) atoms. The lowest BCUT2D eigenvalue weighted by Crippen LogP contribution is -2.30. The molecule has 0 aliphatic rings. The zero-order valence-corrected chi connectivity index (χ0v) is 19.0. The van der Waals surface area contributed by atoms with Crippen LogP contribution in [0.3, 0.4) is 0 Å². The molecule has 0 spiro atoms. The number of hydrogen-bond donors (Lipinski definition) is 2. The molecule has 1 amide bonds. The summed E-state index contributed by atoms with van der Waals surface area (Å²) in [5, 5.41) is 2.75. The summed E-state index contributed by atoms with van der Waals surface area (Å²) >= 11 is 0. The van der Waals surface area contributed by atoms with Crippen molar-refractivity contribution in [1.82, 2.24) is 5.32 Å². The van der Waals surface area contributed by atoms with Crippen LogP contribution in [0.1, 0.15) is 25.8 Å². The van der Waals surface area contributed by atoms with Gasteiger partial charge in [-0.2, -0.15) is 0 Å². The van der Waals surface area contributed by atoms with Gasteiger partial charge in [0.05, 0.1) is 11.5 Å². The van der Waals surface area contributed by atoms with E-state index in [1.54, 1.807) is 37.3 Å². The van der Waals surface area contributed by atoms with Gasteiger partial charge in [-0.1, -0.05) is 0 Å². The summed E-state index contributed by atoms with van der Waals surface area (Å²) in [6, 6.07) is 11.2. The van der Waals surface area contributed by atoms with E-state index in [2.05, 4.69) is 10.0 Å². The Hall–Kier alpha value is -2.78. The Morgan fingerprint density at radius 2 is 1.74 bits per heavy atom. The van der Waals surface area contributed by atoms with Gasteiger partial charge in [-0.15, -0.1) is 0 Å². The molecule has 0 bridgehead atoms. The van der Waals surface area contributed by atoms with Crippen LogP contribution in [0, 0.1) is 6.92 Å². The first-order valence-electron chi connectivity index (χ1n) is 10.2. The summed E-state index contributed by atoms with van der Waals surface area (Å²) in [7, 11) is -3.77. The summed E-state index contributed by atoms with van der Waals surface area (Å²) in [5.41, 5.74) is 1.04. The Bertz CT molecular complexity index is 945. The molecule has 0 atom stereocenters. The smallest absolute Gasteiger partial charge is 0.261 e. The lowest BCUT2D eigenvalue weighted by molar-refractivity contribution is -0.123. The van der Waals surface area contributed by atoms with Crippen molar-refractivity contribution < 1.29 is 27.4 Å². The van der Waals surface area contributed by atoms with E-state index in [1.807, 2.05) is 13.8 Å². The second-order valence-electron chi connectivity index (χ2n) is 6.68. The number of nitrogens with one attached hydrogen (secondary N) is 2. The van der Waals surface area contributed by atoms with Gasteiger partial charge in [0.15, 0.2) is 6.61 Å². The van der Waals surface area contributed by atoms with Gasteiger partial charge < -0.3 is 19.5 Å². The number of carbonyl (C=O) groups excluding carboxylic acids is 1. The molecule has 0 heterocycles. The minimum absolute atomic E-state index is 0.103. The summed E-state index contributed by atoms with van der Waals surface area (Å²) in [6.07, 6.45) is 0.729. The fourth-order valence-electron chi connectivity index (χ4n) is 2.69. The monoisotopic (exact) mass is 450 g/mol. The van der Waals surface area contributed by atoms with E-state index < -0.39 is 10.0 Å². The molecule has 8 nitrogen and oxygen atoms in total. The minimum atomic E-state index is -3.77. The average Bonchev–Trinajstić information content (AvgIpc) is 2.74. The Morgan fingerprint density at radius 1 is 1.00 bits per heavy atom. The molecule has 0 fully saturated rings. The predicted molar refractivity (Wildman–Crippen MR) is 119 cm³/mol. The topological polar surface area (TPSA) is 103 Å². The zero-order chi connectivity index (χ0) is 22.7. The molecule has 2 aromatic rings. The van der Waals surface area contributed by atoms with Crippen molar-refractivity contribution in [2.24, 2.45) is 0 Å². The highest BCUT2D eigenvalue weighted by molar-refractivity contribution is 7.92. The largest absolute Gasteiger partial charge is 0.494 e. The Kier molecular flexibility index (Phi) is 9.61. The standard InChI is InChI=1S/C22H30N2O6S/c1-4-28-14-6-13-23-22(25)16-30-21-12-11-20(15-17(21)3)31(26,27)24-18-7-9-19(10-8-18)29-5-2/h7-12,15,24H,4-6,13-14,16H2,1-3H3,(H,23,25). The van der Waals surface area contributed by atoms with E-state index in [1.165, 1.54) is 12.1 Å². The second-order valence-corrected chi connectivity index (χ2v) is 8.36. The molecule has 0 unspecified atom stereocenters. The predicted octanol–water partition coefficient (Wildman–Crippen LogP) is 3.12. The second kappa shape index (κ2) is 12.2. The average molecular weight is 451 g/mol. The number of anilines is 1. The molecule has 9 heteroatoms. The summed E-state index contributed by atoms with van der Waals surface area (Å²) in [4.78, 5) is 12.0. The number of sulfonamides is 1. The fraction of sp³-hybridized carbons (Fsp3) is 0.409. The lowest BCUT2D eigenvalue weighted by Gasteiger charge is -2.13. The third-order valence-corrected chi connectivity index (χ3v) is 5.60. The highest BCUT2D eigenvalue weighted by Crippen LogP contribution is 2.24. The molecule has 0 aliphatic heterocycles. The van der Waals surface area contributed by atoms with Crippen LogP contribution in [0.15, 0.2) is 47.4 Å². The van der Waals surface area contributed by atoms with Crippen molar-refractivity contribution in [3.8, 4) is 11.5 Å². The van der Waals surface area contributed by atoms with Crippen LogP contribution in [-0.2, 0) is 19.6 Å². The molecule has 170 valence electrons. The van der Waals surface area contributed by atoms with Crippen LogP contribution in [-0.4, -0.2) is 47.3 Å². The SMILES string of the molecule is CCOCCCNC(=O)COc1ccc(S(=O)(=O)Nc2ccc(OCC)cc2)cc1C. The fourth-order valence-corrected chi connectivity index (χ4v) is 3.84. The maximum absolute atomic E-state index is 12.7. The van der Waals surface area contributed by atoms with Crippen LogP contribution in [0.5, 0.6) is 11.5 Å². The highest BCUT2D eigenvalue weighted by atomic mass is 32.2. The van der Waals surface area contributed by atoms with Crippen molar-refractivity contribution in [3.63, 3.8) is 0 Å². The number of rotatable bonds is 13. The lowest BCUT2D eigenvalue weighted by atomic mass is 10.2. The molecule has 0 saturated carbocycles. The van der Waals surface area contributed by atoms with Gasteiger partial charge in [-0.3, -0.25) is 9.52 Å². The maximum atomic E-state index is 12.7. The van der Waals surface area contributed by atoms with Gasteiger partial charge in [-0.05, 0) is 75.2 Å². The quantitative estimate of drug-likeness (QED) is 0.455. The Labute approximate surface area is 184 Å². The molecule has 0 aromatic heterocycles. The maximum Gasteiger partial charge on any atom is 0.261 e. The zero-order valence-electron chi connectivity index (χ0n) is 18.1. The highest BCUT2D eigenvalue weighted by Gasteiger charge is 2.16. The number of carbonyl (C=O) groups is 1. The third kappa shape index (κ3) is 8.10. The number of ether oxygens (including phenoxy) is 3. The Balaban J connectivity index is 1.92. The van der Waals surface area contributed by atoms with E-state index in [4.69, 9.17) is 14.2 Å². The van der Waals surface area contributed by atoms with E-state index >= 15 is 0 Å². The summed E-state index contributed by atoms with van der Waals surface area (Å²) in [5.74, 6) is 0.871. The number of aryl methyl sites for hydroxylation is 1. The molecular weight excluding hydrogens is 420 g/mol. The molecule has 2 aromatic carbocycles. The molecular formula is C22H30N2O6S. The molecule has 2 N–H and O–H groups in total. The number of hydrogen-bond acceptors (Lipinski definition) is 6. The van der Waals surface area contributed by atoms with Crippen molar-refractivity contribution in [3.05, 3.63) is 48.0 Å². The van der Waals surface area contributed by atoms with E-state index in [0.717, 1.165) is 6.42 Å². The molecule has 0 aliphatic carbocycles. The first-order valence-corrected chi connectivity index (χ1v) is 11.7. The molecule has 2 rings (SSSR count). The van der Waals surface area contributed by atoms with Gasteiger partial charge >= 0.3 is 0 Å². The van der Waals surface area contributed by atoms with Crippen LogP contribution >= 0.6 is 0 Å². The van der Waals surface area contributed by atoms with Crippen molar-refractivity contribution in [2.45, 2.75) is 32.1 Å². The minimum Gasteiger partial charge on any atom is -0.494 e. The van der Waals surface area contributed by atoms with Crippen molar-refractivity contribution in [1.29, 1.82) is 0 Å². The molecule has 0 saturated heterocycles. The molecule has 0 radical (unpaired) electrons. The number of amides is 1. The van der Waals surface area contributed by atoms with Crippen LogP contribution in [0.4, 0.5) is 5.69 Å². The third-order valence-electron chi connectivity index (χ3n) is 4.22. The van der Waals surface area contributed by atoms with E-state index in [0.29, 0.717) is 49.1 Å². The van der Waals surface area contributed by atoms with Gasteiger partial charge in [-0.25, -0.2) is 8.42 Å². The van der Waals surface area contributed by atoms with E-state index in [-0.39, 0.29) is 17.4 Å². The Morgan fingerprint density at radius 3 is 2.39 bits per heavy atom. The van der Waals surface area contributed by atoms with Crippen molar-refractivity contribution >= 4 is 21.6 Å². The van der Waals surface area contributed by atoms with Crippen LogP contribution in [0.25, 0.3) is 0 Å². The van der Waals surface area contributed by atoms with Gasteiger partial charge in [0.2, 0.25) is 0 Å². The van der Waals surface area contributed by atoms with Crippen molar-refractivity contribution in [2.75, 3.05) is 37.7 Å². The van der Waals surface area contributed by atoms with Gasteiger partial charge in [0, 0.05) is 25.4 Å². The first-order chi connectivity index (χ1) is 14.9. The van der Waals surface area contributed by atoms with Gasteiger partial charge in [0.25, 0.3) is 15.9 Å². The van der Waals surface area contributed by atoms with Gasteiger partial charge in [0.1, 0.15) is 11.5 Å². The van der Waals surface area contributed by atoms with E-state index in [9.17, 15) is 13.2 Å². The first kappa shape index (κ1) is 24.5. The van der Waals surface area contributed by atoms with Crippen LogP contribution < -0.4 is 19.5 Å². The summed E-state index contributed by atoms with van der Waals surface area (Å²) < 4.78 is 44.0. The normalized spacial score (nSPS) is 11.1. The van der Waals surface area contributed by atoms with Crippen LogP contribution in [0.2, 0.25) is 0 Å².